The molecule has 0 radical (unpaired) electrons. The third-order valence-electron chi connectivity index (χ3n) is 3.59. The summed E-state index contributed by atoms with van der Waals surface area (Å²) in [6, 6.07) is 8.87. The molecule has 0 aliphatic carbocycles. The number of rotatable bonds is 2. The van der Waals surface area contributed by atoms with Crippen molar-refractivity contribution in [2.75, 3.05) is 6.61 Å². The lowest BCUT2D eigenvalue weighted by Crippen LogP contribution is -2.13. The fourth-order valence-electron chi connectivity index (χ4n) is 2.56. The van der Waals surface area contributed by atoms with E-state index in [1.165, 1.54) is 19.1 Å². The number of ether oxygens (including phenoxy) is 1. The average molecular weight is 385 g/mol. The average Bonchev–Trinajstić information content (AvgIpc) is 2.53. The van der Waals surface area contributed by atoms with Gasteiger partial charge in [0.05, 0.1) is 5.56 Å². The molecule has 7 heteroatoms. The van der Waals surface area contributed by atoms with Crippen LogP contribution in [0.5, 0.6) is 5.75 Å². The molecule has 0 N–H and O–H groups in total. The van der Waals surface area contributed by atoms with Crippen LogP contribution in [0.25, 0.3) is 11.6 Å². The van der Waals surface area contributed by atoms with Crippen molar-refractivity contribution in [2.24, 2.45) is 0 Å². The molecule has 1 aliphatic rings. The third-order valence-corrected chi connectivity index (χ3v) is 4.60. The molecule has 130 valence electrons. The van der Waals surface area contributed by atoms with Gasteiger partial charge in [-0.05, 0) is 41.5 Å². The summed E-state index contributed by atoms with van der Waals surface area (Å²) in [6.45, 7) is 1.47. The Balaban J connectivity index is 2.01. The zero-order valence-electron chi connectivity index (χ0n) is 13.0. The number of carbonyl (C=O) groups excluding carboxylic acids is 1. The van der Waals surface area contributed by atoms with E-state index in [0.29, 0.717) is 16.9 Å². The van der Waals surface area contributed by atoms with Gasteiger partial charge in [0, 0.05) is 22.4 Å². The second-order valence-corrected chi connectivity index (χ2v) is 7.13. The van der Waals surface area contributed by atoms with Crippen molar-refractivity contribution in [3.05, 3.63) is 58.1 Å². The van der Waals surface area contributed by atoms with E-state index in [1.807, 2.05) is 0 Å². The summed E-state index contributed by atoms with van der Waals surface area (Å²) in [5.74, 6) is 0.539. The van der Waals surface area contributed by atoms with Gasteiger partial charge in [0.25, 0.3) is 0 Å². The van der Waals surface area contributed by atoms with Gasteiger partial charge >= 0.3 is 6.18 Å². The van der Waals surface area contributed by atoms with E-state index in [1.54, 1.807) is 24.3 Å². The van der Waals surface area contributed by atoms with Gasteiger partial charge in [0.1, 0.15) is 12.4 Å². The molecule has 0 unspecified atom stereocenters. The summed E-state index contributed by atoms with van der Waals surface area (Å²) >= 11 is 6.79. The molecule has 1 aliphatic heterocycles. The van der Waals surface area contributed by atoms with E-state index in [9.17, 15) is 18.0 Å². The van der Waals surface area contributed by atoms with Crippen LogP contribution >= 0.6 is 23.4 Å². The quantitative estimate of drug-likeness (QED) is 0.600. The Kier molecular flexibility index (Phi) is 4.84. The Morgan fingerprint density at radius 3 is 2.64 bits per heavy atom. The van der Waals surface area contributed by atoms with Crippen molar-refractivity contribution in [3.8, 4) is 5.75 Å². The van der Waals surface area contributed by atoms with Crippen molar-refractivity contribution in [1.82, 2.24) is 0 Å². The van der Waals surface area contributed by atoms with Crippen LogP contribution in [0.1, 0.15) is 23.6 Å². The van der Waals surface area contributed by atoms with E-state index in [2.05, 4.69) is 0 Å². The monoisotopic (exact) mass is 384 g/mol. The largest absolute Gasteiger partial charge is 0.488 e. The molecular weight excluding hydrogens is 373 g/mol. The fourth-order valence-corrected chi connectivity index (χ4v) is 3.37. The minimum absolute atomic E-state index is 0.00586. The van der Waals surface area contributed by atoms with Crippen molar-refractivity contribution < 1.29 is 22.7 Å². The molecule has 2 aromatic rings. The third kappa shape index (κ3) is 4.02. The van der Waals surface area contributed by atoms with Crippen LogP contribution in [0.4, 0.5) is 13.2 Å². The number of halogens is 4. The zero-order chi connectivity index (χ0) is 18.2. The first-order valence-electron chi connectivity index (χ1n) is 7.27. The molecule has 0 saturated heterocycles. The summed E-state index contributed by atoms with van der Waals surface area (Å²) in [4.78, 5) is 11.9. The molecular formula is C18H12ClF3O2S. The lowest BCUT2D eigenvalue weighted by atomic mass is 9.96. The number of fused-ring (bicyclic) bond motifs is 1. The Morgan fingerprint density at radius 1 is 1.20 bits per heavy atom. The van der Waals surface area contributed by atoms with Crippen molar-refractivity contribution >= 4 is 40.1 Å². The summed E-state index contributed by atoms with van der Waals surface area (Å²) in [5, 5.41) is -0.0253. The summed E-state index contributed by atoms with van der Waals surface area (Å²) < 4.78 is 45.5. The Labute approximate surface area is 151 Å². The highest BCUT2D eigenvalue weighted by atomic mass is 35.5. The van der Waals surface area contributed by atoms with Crippen LogP contribution in [0.15, 0.2) is 41.3 Å². The second kappa shape index (κ2) is 6.77. The fraction of sp³-hybridized carbons (Fsp3) is 0.167. The van der Waals surface area contributed by atoms with E-state index < -0.39 is 11.7 Å². The molecule has 2 aromatic carbocycles. The molecule has 3 rings (SSSR count). The maximum absolute atomic E-state index is 13.3. The van der Waals surface area contributed by atoms with E-state index in [0.717, 1.165) is 22.7 Å². The van der Waals surface area contributed by atoms with Gasteiger partial charge in [-0.1, -0.05) is 35.5 Å². The van der Waals surface area contributed by atoms with Crippen LogP contribution < -0.4 is 4.74 Å². The highest BCUT2D eigenvalue weighted by Gasteiger charge is 2.34. The van der Waals surface area contributed by atoms with Crippen LogP contribution in [-0.4, -0.2) is 11.7 Å². The standard InChI is InChI=1S/C18H12ClF3O2S/c1-10(23)25-14-4-2-11-6-12(9-24-17(11)8-14)15-5-3-13(19)7-16(15)18(20,21)22/h2-8H,9H2,1H3. The summed E-state index contributed by atoms with van der Waals surface area (Å²) in [6.07, 6.45) is -2.84. The van der Waals surface area contributed by atoms with Crippen LogP contribution in [0.2, 0.25) is 5.02 Å². The molecule has 0 spiro atoms. The predicted octanol–water partition coefficient (Wildman–Crippen LogP) is 5.93. The molecule has 0 bridgehead atoms. The van der Waals surface area contributed by atoms with Crippen LogP contribution in [0.3, 0.4) is 0 Å². The summed E-state index contributed by atoms with van der Waals surface area (Å²) in [7, 11) is 0. The molecule has 0 saturated carbocycles. The van der Waals surface area contributed by atoms with Crippen molar-refractivity contribution in [2.45, 2.75) is 18.0 Å². The maximum Gasteiger partial charge on any atom is 0.417 e. The molecule has 0 amide bonds. The lowest BCUT2D eigenvalue weighted by Gasteiger charge is -2.21. The van der Waals surface area contributed by atoms with Gasteiger partial charge < -0.3 is 4.74 Å². The first-order valence-corrected chi connectivity index (χ1v) is 8.46. The van der Waals surface area contributed by atoms with Gasteiger partial charge in [0.15, 0.2) is 5.12 Å². The maximum atomic E-state index is 13.3. The van der Waals surface area contributed by atoms with Crippen LogP contribution in [0, 0.1) is 0 Å². The predicted molar refractivity (Wildman–Crippen MR) is 92.8 cm³/mol. The highest BCUT2D eigenvalue weighted by Crippen LogP contribution is 2.40. The normalized spacial score (nSPS) is 13.7. The SMILES string of the molecule is CC(=O)Sc1ccc2c(c1)OCC(c1ccc(Cl)cc1C(F)(F)F)=C2. The highest BCUT2D eigenvalue weighted by molar-refractivity contribution is 8.13. The number of benzene rings is 2. The van der Waals surface area contributed by atoms with Gasteiger partial charge in [-0.2, -0.15) is 13.2 Å². The summed E-state index contributed by atoms with van der Waals surface area (Å²) in [5.41, 5.74) is 0.340. The number of carbonyl (C=O) groups is 1. The first-order chi connectivity index (χ1) is 11.7. The Bertz CT molecular complexity index is 875. The topological polar surface area (TPSA) is 26.3 Å². The minimum Gasteiger partial charge on any atom is -0.488 e. The molecule has 0 atom stereocenters. The number of hydrogen-bond donors (Lipinski definition) is 0. The van der Waals surface area contributed by atoms with Gasteiger partial charge in [-0.15, -0.1) is 0 Å². The first kappa shape index (κ1) is 17.9. The van der Waals surface area contributed by atoms with E-state index >= 15 is 0 Å². The Morgan fingerprint density at radius 2 is 1.96 bits per heavy atom. The number of alkyl halides is 3. The number of thioether (sulfide) groups is 1. The van der Waals surface area contributed by atoms with Gasteiger partial charge in [0.2, 0.25) is 0 Å². The minimum atomic E-state index is -4.51. The van der Waals surface area contributed by atoms with Crippen LogP contribution in [-0.2, 0) is 11.0 Å². The second-order valence-electron chi connectivity index (χ2n) is 5.44. The zero-order valence-corrected chi connectivity index (χ0v) is 14.6. The smallest absolute Gasteiger partial charge is 0.417 e. The van der Waals surface area contributed by atoms with Crippen molar-refractivity contribution in [3.63, 3.8) is 0 Å². The lowest BCUT2D eigenvalue weighted by molar-refractivity contribution is -0.137. The molecule has 0 aromatic heterocycles. The Hall–Kier alpha value is -1.92. The molecule has 25 heavy (non-hydrogen) atoms. The van der Waals surface area contributed by atoms with Crippen molar-refractivity contribution in [1.29, 1.82) is 0 Å². The van der Waals surface area contributed by atoms with Gasteiger partial charge in [-0.25, -0.2) is 0 Å². The molecule has 0 fully saturated rings. The molecule has 1 heterocycles. The number of hydrogen-bond acceptors (Lipinski definition) is 3. The van der Waals surface area contributed by atoms with E-state index in [-0.39, 0.29) is 22.3 Å². The van der Waals surface area contributed by atoms with Gasteiger partial charge in [-0.3, -0.25) is 4.79 Å². The molecule has 2 nitrogen and oxygen atoms in total. The van der Waals surface area contributed by atoms with E-state index in [4.69, 9.17) is 16.3 Å².